The van der Waals surface area contributed by atoms with Crippen LogP contribution in [0.25, 0.3) is 16.9 Å². The summed E-state index contributed by atoms with van der Waals surface area (Å²) in [5.41, 5.74) is 1.89. The smallest absolute Gasteiger partial charge is 0.409 e. The van der Waals surface area contributed by atoms with E-state index in [1.807, 2.05) is 0 Å². The molecule has 1 fully saturated rings. The van der Waals surface area contributed by atoms with Crippen LogP contribution in [0.1, 0.15) is 17.4 Å². The van der Waals surface area contributed by atoms with Crippen LogP contribution in [0.15, 0.2) is 54.6 Å². The van der Waals surface area contributed by atoms with Gasteiger partial charge in [-0.3, -0.25) is 14.9 Å². The van der Waals surface area contributed by atoms with Crippen molar-refractivity contribution < 1.29 is 19.2 Å². The predicted molar refractivity (Wildman–Crippen MR) is 125 cm³/mol. The lowest BCUT2D eigenvalue weighted by Gasteiger charge is -2.34. The summed E-state index contributed by atoms with van der Waals surface area (Å²) < 4.78 is 6.53. The summed E-state index contributed by atoms with van der Waals surface area (Å²) in [6.45, 7) is 3.45. The molecule has 0 saturated carbocycles. The lowest BCUT2D eigenvalue weighted by atomic mass is 10.1. The molecule has 0 unspecified atom stereocenters. The molecule has 0 N–H and O–H groups in total. The minimum Gasteiger partial charge on any atom is -0.450 e. The number of nitro groups is 1. The highest BCUT2D eigenvalue weighted by Crippen LogP contribution is 2.27. The van der Waals surface area contributed by atoms with Crippen LogP contribution in [0.4, 0.5) is 10.5 Å². The van der Waals surface area contributed by atoms with Gasteiger partial charge < -0.3 is 14.5 Å². The predicted octanol–water partition coefficient (Wildman–Crippen LogP) is 4.02. The molecule has 2 heterocycles. The Kier molecular flexibility index (Phi) is 6.78. The first-order chi connectivity index (χ1) is 16.4. The van der Waals surface area contributed by atoms with Gasteiger partial charge in [-0.05, 0) is 37.3 Å². The first-order valence-electron chi connectivity index (χ1n) is 10.7. The maximum atomic E-state index is 13.5. The number of piperazine rings is 1. The molecule has 1 saturated heterocycles. The SMILES string of the molecule is CCOC(=O)N1CCN(C(=O)c2cc(-c3ccc([N+](=O)[O-])cc3)nn2-c2ccccc2Cl)CC1. The van der Waals surface area contributed by atoms with Crippen molar-refractivity contribution in [2.75, 3.05) is 32.8 Å². The fraction of sp³-hybridized carbons (Fsp3) is 0.261. The average Bonchev–Trinajstić information content (AvgIpc) is 3.29. The minimum atomic E-state index is -0.475. The van der Waals surface area contributed by atoms with Gasteiger partial charge in [0.2, 0.25) is 0 Å². The first-order valence-corrected chi connectivity index (χ1v) is 11.1. The zero-order valence-electron chi connectivity index (χ0n) is 18.4. The van der Waals surface area contributed by atoms with Crippen LogP contribution in [0, 0.1) is 10.1 Å². The van der Waals surface area contributed by atoms with Gasteiger partial charge in [-0.1, -0.05) is 23.7 Å². The summed E-state index contributed by atoms with van der Waals surface area (Å²) in [6.07, 6.45) is -0.392. The highest BCUT2D eigenvalue weighted by Gasteiger charge is 2.28. The summed E-state index contributed by atoms with van der Waals surface area (Å²) in [5.74, 6) is -0.260. The highest BCUT2D eigenvalue weighted by atomic mass is 35.5. The molecule has 0 spiro atoms. The average molecular weight is 484 g/mol. The summed E-state index contributed by atoms with van der Waals surface area (Å²) in [4.78, 5) is 39.2. The van der Waals surface area contributed by atoms with E-state index >= 15 is 0 Å². The molecule has 1 aliphatic rings. The Labute approximate surface area is 200 Å². The summed E-state index contributed by atoms with van der Waals surface area (Å²) in [7, 11) is 0. The molecule has 10 nitrogen and oxygen atoms in total. The molecule has 1 aromatic heterocycles. The topological polar surface area (TPSA) is 111 Å². The van der Waals surface area contributed by atoms with Crippen LogP contribution in [-0.2, 0) is 4.74 Å². The second-order valence-electron chi connectivity index (χ2n) is 7.56. The number of hydrogen-bond donors (Lipinski definition) is 0. The van der Waals surface area contributed by atoms with Gasteiger partial charge >= 0.3 is 6.09 Å². The normalized spacial score (nSPS) is 13.6. The number of ether oxygens (including phenoxy) is 1. The Morgan fingerprint density at radius 1 is 1.06 bits per heavy atom. The van der Waals surface area contributed by atoms with Gasteiger partial charge in [0.1, 0.15) is 5.69 Å². The molecule has 3 aromatic rings. The Balaban J connectivity index is 1.66. The number of carbonyl (C=O) groups excluding carboxylic acids is 2. The lowest BCUT2D eigenvalue weighted by Crippen LogP contribution is -2.51. The number of rotatable bonds is 5. The molecular formula is C23H22ClN5O5. The molecule has 2 amide bonds. The van der Waals surface area contributed by atoms with Gasteiger partial charge in [0.15, 0.2) is 0 Å². The molecule has 0 radical (unpaired) electrons. The molecule has 0 atom stereocenters. The van der Waals surface area contributed by atoms with Crippen LogP contribution in [0.3, 0.4) is 0 Å². The summed E-state index contributed by atoms with van der Waals surface area (Å²) in [6, 6.07) is 14.6. The Hall–Kier alpha value is -3.92. The van der Waals surface area contributed by atoms with Crippen LogP contribution in [-0.4, -0.2) is 69.3 Å². The van der Waals surface area contributed by atoms with E-state index in [2.05, 4.69) is 5.10 Å². The minimum absolute atomic E-state index is 0.0370. The molecule has 1 aliphatic heterocycles. The number of benzene rings is 2. The molecule has 0 aliphatic carbocycles. The number of nitrogens with zero attached hydrogens (tertiary/aromatic N) is 5. The molecule has 2 aromatic carbocycles. The number of hydrogen-bond acceptors (Lipinski definition) is 6. The van der Waals surface area contributed by atoms with Crippen molar-refractivity contribution in [3.8, 4) is 16.9 Å². The summed E-state index contributed by atoms with van der Waals surface area (Å²) >= 11 is 6.40. The Morgan fingerprint density at radius 2 is 1.71 bits per heavy atom. The third kappa shape index (κ3) is 4.72. The molecule has 11 heteroatoms. The standard InChI is InChI=1S/C23H22ClN5O5/c1-2-34-23(31)27-13-11-26(12-14-27)22(30)21-15-19(16-7-9-17(10-8-16)29(32)33)25-28(21)20-6-4-3-5-18(20)24/h3-10,15H,2,11-14H2,1H3. The Morgan fingerprint density at radius 3 is 2.32 bits per heavy atom. The van der Waals surface area contributed by atoms with Crippen molar-refractivity contribution in [1.82, 2.24) is 19.6 Å². The fourth-order valence-corrected chi connectivity index (χ4v) is 3.92. The van der Waals surface area contributed by atoms with Crippen molar-refractivity contribution >= 4 is 29.3 Å². The van der Waals surface area contributed by atoms with Crippen molar-refractivity contribution in [1.29, 1.82) is 0 Å². The molecular weight excluding hydrogens is 462 g/mol. The highest BCUT2D eigenvalue weighted by molar-refractivity contribution is 6.32. The molecule has 4 rings (SSSR count). The number of non-ortho nitro benzene ring substituents is 1. The number of amides is 2. The number of carbonyl (C=O) groups is 2. The largest absolute Gasteiger partial charge is 0.450 e. The number of para-hydroxylation sites is 1. The van der Waals surface area contributed by atoms with Crippen LogP contribution in [0.5, 0.6) is 0 Å². The lowest BCUT2D eigenvalue weighted by molar-refractivity contribution is -0.384. The second-order valence-corrected chi connectivity index (χ2v) is 7.97. The van der Waals surface area contributed by atoms with E-state index in [1.165, 1.54) is 16.8 Å². The maximum absolute atomic E-state index is 13.5. The zero-order valence-corrected chi connectivity index (χ0v) is 19.1. The number of nitro benzene ring substituents is 1. The molecule has 34 heavy (non-hydrogen) atoms. The third-order valence-electron chi connectivity index (χ3n) is 5.48. The maximum Gasteiger partial charge on any atom is 0.409 e. The van der Waals surface area contributed by atoms with E-state index in [0.717, 1.165) is 0 Å². The van der Waals surface area contributed by atoms with Crippen molar-refractivity contribution in [3.63, 3.8) is 0 Å². The van der Waals surface area contributed by atoms with Gasteiger partial charge in [-0.25, -0.2) is 9.48 Å². The van der Waals surface area contributed by atoms with Crippen LogP contribution >= 0.6 is 11.6 Å². The second kappa shape index (κ2) is 9.92. The van der Waals surface area contributed by atoms with Gasteiger partial charge in [-0.2, -0.15) is 5.10 Å². The van der Waals surface area contributed by atoms with Gasteiger partial charge in [0, 0.05) is 43.9 Å². The van der Waals surface area contributed by atoms with E-state index in [-0.39, 0.29) is 11.6 Å². The Bertz CT molecular complexity index is 1220. The first kappa shape index (κ1) is 23.2. The van der Waals surface area contributed by atoms with E-state index < -0.39 is 11.0 Å². The van der Waals surface area contributed by atoms with E-state index in [1.54, 1.807) is 59.2 Å². The van der Waals surface area contributed by atoms with Crippen molar-refractivity contribution in [2.45, 2.75) is 6.92 Å². The van der Waals surface area contributed by atoms with Crippen LogP contribution < -0.4 is 0 Å². The zero-order chi connectivity index (χ0) is 24.2. The molecule has 0 bridgehead atoms. The van der Waals surface area contributed by atoms with Crippen molar-refractivity contribution in [2.24, 2.45) is 0 Å². The number of aromatic nitrogens is 2. The third-order valence-corrected chi connectivity index (χ3v) is 5.80. The fourth-order valence-electron chi connectivity index (χ4n) is 3.70. The van der Waals surface area contributed by atoms with Gasteiger partial charge in [-0.15, -0.1) is 0 Å². The summed E-state index contributed by atoms with van der Waals surface area (Å²) in [5, 5.41) is 16.0. The molecule has 176 valence electrons. The van der Waals surface area contributed by atoms with E-state index in [4.69, 9.17) is 16.3 Å². The van der Waals surface area contributed by atoms with E-state index in [9.17, 15) is 19.7 Å². The van der Waals surface area contributed by atoms with Crippen LogP contribution in [0.2, 0.25) is 5.02 Å². The van der Waals surface area contributed by atoms with Gasteiger partial charge in [0.25, 0.3) is 11.6 Å². The quantitative estimate of drug-likeness (QED) is 0.400. The van der Waals surface area contributed by atoms with Crippen molar-refractivity contribution in [3.05, 3.63) is 75.4 Å². The monoisotopic (exact) mass is 483 g/mol. The van der Waals surface area contributed by atoms with E-state index in [0.29, 0.717) is 60.4 Å². The van der Waals surface area contributed by atoms with Gasteiger partial charge in [0.05, 0.1) is 27.9 Å². The number of halogens is 1.